The van der Waals surface area contributed by atoms with Crippen LogP contribution in [0.4, 0.5) is 0 Å². The molecule has 3 heteroatoms. The van der Waals surface area contributed by atoms with Gasteiger partial charge >= 0.3 is 5.97 Å². The molecule has 1 saturated carbocycles. The Balaban J connectivity index is 2.10. The van der Waals surface area contributed by atoms with Crippen molar-refractivity contribution < 1.29 is 14.3 Å². The minimum atomic E-state index is -0.498. The van der Waals surface area contributed by atoms with Gasteiger partial charge in [-0.1, -0.05) is 20.8 Å². The van der Waals surface area contributed by atoms with Gasteiger partial charge in [0.1, 0.15) is 6.61 Å². The molecule has 0 aromatic rings. The van der Waals surface area contributed by atoms with Crippen molar-refractivity contribution in [2.24, 2.45) is 28.6 Å². The van der Waals surface area contributed by atoms with Crippen LogP contribution in [-0.4, -0.2) is 18.4 Å². The number of carbonyl (C=O) groups is 2. The number of hydrogen-bond acceptors (Lipinski definition) is 3. The molecule has 1 unspecified atom stereocenters. The Kier molecular flexibility index (Phi) is 3.15. The van der Waals surface area contributed by atoms with Crippen molar-refractivity contribution >= 4 is 11.8 Å². The maximum Gasteiger partial charge on any atom is 0.311 e. The summed E-state index contributed by atoms with van der Waals surface area (Å²) >= 11 is 0. The number of carbonyl (C=O) groups excluding carboxylic acids is 2. The lowest BCUT2D eigenvalue weighted by Gasteiger charge is -2.60. The average Bonchev–Trinajstić information content (AvgIpc) is 2.22. The molecule has 0 aliphatic heterocycles. The maximum atomic E-state index is 12.1. The lowest BCUT2D eigenvalue weighted by Crippen LogP contribution is -2.59. The molecular formula is C16H24O3. The molecule has 0 saturated heterocycles. The fourth-order valence-electron chi connectivity index (χ4n) is 3.92. The normalized spacial score (nSPS) is 32.4. The molecule has 0 spiro atoms. The van der Waals surface area contributed by atoms with Crippen LogP contribution in [0.15, 0.2) is 11.6 Å². The first-order valence-electron chi connectivity index (χ1n) is 6.98. The highest BCUT2D eigenvalue weighted by Gasteiger charge is 2.60. The second kappa shape index (κ2) is 4.19. The van der Waals surface area contributed by atoms with Gasteiger partial charge in [-0.05, 0) is 49.7 Å². The predicted molar refractivity (Wildman–Crippen MR) is 73.4 cm³/mol. The fraction of sp³-hybridized carbons (Fsp3) is 0.750. The van der Waals surface area contributed by atoms with Crippen molar-refractivity contribution in [3.05, 3.63) is 11.6 Å². The van der Waals surface area contributed by atoms with Crippen LogP contribution in [0, 0.1) is 28.6 Å². The number of allylic oxidation sites excluding steroid dienone is 1. The van der Waals surface area contributed by atoms with Crippen molar-refractivity contribution in [1.29, 1.82) is 0 Å². The summed E-state index contributed by atoms with van der Waals surface area (Å²) in [6, 6.07) is 0. The predicted octanol–water partition coefficient (Wildman–Crippen LogP) is 2.99. The van der Waals surface area contributed by atoms with Crippen molar-refractivity contribution in [3.8, 4) is 0 Å². The third kappa shape index (κ3) is 2.13. The number of fused-ring (bicyclic) bond motifs is 1. The van der Waals surface area contributed by atoms with E-state index in [0.29, 0.717) is 11.8 Å². The Hall–Kier alpha value is -1.12. The monoisotopic (exact) mass is 264 g/mol. The molecule has 0 N–H and O–H groups in total. The van der Waals surface area contributed by atoms with E-state index in [-0.39, 0.29) is 29.7 Å². The van der Waals surface area contributed by atoms with E-state index in [1.54, 1.807) is 6.08 Å². The summed E-state index contributed by atoms with van der Waals surface area (Å²) in [5, 5.41) is 0. The average molecular weight is 264 g/mol. The molecule has 0 radical (unpaired) electrons. The van der Waals surface area contributed by atoms with Gasteiger partial charge < -0.3 is 4.74 Å². The first-order valence-corrected chi connectivity index (χ1v) is 6.98. The SMILES string of the molecule is C[C@@H]1C2C(COC(=O)C(C)(C)C)=CC(=O)[C@@H]1C2(C)C. The zero-order valence-corrected chi connectivity index (χ0v) is 12.7. The first-order chi connectivity index (χ1) is 8.56. The second-order valence-electron chi connectivity index (χ2n) is 7.58. The summed E-state index contributed by atoms with van der Waals surface area (Å²) in [5.41, 5.74) is 0.500. The Morgan fingerprint density at radius 2 is 1.89 bits per heavy atom. The molecule has 3 nitrogen and oxygen atoms in total. The Labute approximate surface area is 115 Å². The van der Waals surface area contributed by atoms with Crippen molar-refractivity contribution in [2.45, 2.75) is 41.5 Å². The summed E-state index contributed by atoms with van der Waals surface area (Å²) in [4.78, 5) is 23.9. The van der Waals surface area contributed by atoms with E-state index in [4.69, 9.17) is 4.74 Å². The van der Waals surface area contributed by atoms with Crippen LogP contribution < -0.4 is 0 Å². The minimum absolute atomic E-state index is 0.00865. The Bertz CT molecular complexity index is 451. The van der Waals surface area contributed by atoms with Crippen molar-refractivity contribution in [2.75, 3.05) is 6.61 Å². The maximum absolute atomic E-state index is 12.1. The second-order valence-corrected chi connectivity index (χ2v) is 7.58. The van der Waals surface area contributed by atoms with Crippen LogP contribution in [-0.2, 0) is 14.3 Å². The van der Waals surface area contributed by atoms with Gasteiger partial charge in [0.25, 0.3) is 0 Å². The minimum Gasteiger partial charge on any atom is -0.461 e. The van der Waals surface area contributed by atoms with E-state index in [2.05, 4.69) is 20.8 Å². The summed E-state index contributed by atoms with van der Waals surface area (Å²) in [6.45, 7) is 12.2. The molecule has 106 valence electrons. The first kappa shape index (κ1) is 14.3. The third-order valence-electron chi connectivity index (χ3n) is 4.67. The van der Waals surface area contributed by atoms with E-state index in [0.717, 1.165) is 5.57 Å². The van der Waals surface area contributed by atoms with Gasteiger partial charge in [-0.15, -0.1) is 0 Å². The van der Waals surface area contributed by atoms with Crippen molar-refractivity contribution in [1.82, 2.24) is 0 Å². The number of esters is 1. The van der Waals surface area contributed by atoms with E-state index in [1.165, 1.54) is 0 Å². The van der Waals surface area contributed by atoms with Crippen LogP contribution in [0.3, 0.4) is 0 Å². The molecule has 3 aliphatic carbocycles. The van der Waals surface area contributed by atoms with Crippen LogP contribution >= 0.6 is 0 Å². The van der Waals surface area contributed by atoms with Gasteiger partial charge in [0.15, 0.2) is 5.78 Å². The summed E-state index contributed by atoms with van der Waals surface area (Å²) in [7, 11) is 0. The number of ether oxygens (including phenoxy) is 1. The number of hydrogen-bond donors (Lipinski definition) is 0. The molecule has 1 fully saturated rings. The van der Waals surface area contributed by atoms with Crippen LogP contribution in [0.25, 0.3) is 0 Å². The molecule has 0 heterocycles. The van der Waals surface area contributed by atoms with Gasteiger partial charge in [-0.2, -0.15) is 0 Å². The van der Waals surface area contributed by atoms with Gasteiger partial charge in [0, 0.05) is 5.92 Å². The molecule has 3 rings (SSSR count). The molecular weight excluding hydrogens is 240 g/mol. The highest BCUT2D eigenvalue weighted by atomic mass is 16.5. The largest absolute Gasteiger partial charge is 0.461 e. The topological polar surface area (TPSA) is 43.4 Å². The molecule has 3 atom stereocenters. The zero-order valence-electron chi connectivity index (χ0n) is 12.7. The van der Waals surface area contributed by atoms with Crippen LogP contribution in [0.5, 0.6) is 0 Å². The van der Waals surface area contributed by atoms with E-state index < -0.39 is 5.41 Å². The molecule has 0 aromatic carbocycles. The summed E-state index contributed by atoms with van der Waals surface area (Å²) in [6.07, 6.45) is 1.70. The van der Waals surface area contributed by atoms with Gasteiger partial charge in [0.2, 0.25) is 0 Å². The zero-order chi connectivity index (χ0) is 14.6. The highest BCUT2D eigenvalue weighted by Crippen LogP contribution is 2.61. The van der Waals surface area contributed by atoms with Gasteiger partial charge in [0.05, 0.1) is 5.41 Å². The molecule has 0 amide bonds. The summed E-state index contributed by atoms with van der Waals surface area (Å²) in [5.74, 6) is 0.855. The molecule has 2 bridgehead atoms. The fourth-order valence-corrected chi connectivity index (χ4v) is 3.92. The van der Waals surface area contributed by atoms with E-state index in [9.17, 15) is 9.59 Å². The van der Waals surface area contributed by atoms with Crippen LogP contribution in [0.1, 0.15) is 41.5 Å². The smallest absolute Gasteiger partial charge is 0.311 e. The van der Waals surface area contributed by atoms with Gasteiger partial charge in [-0.3, -0.25) is 9.59 Å². The number of ketones is 1. The lowest BCUT2D eigenvalue weighted by atomic mass is 9.43. The number of rotatable bonds is 2. The summed E-state index contributed by atoms with van der Waals surface area (Å²) < 4.78 is 5.37. The van der Waals surface area contributed by atoms with Gasteiger partial charge in [-0.25, -0.2) is 0 Å². The molecule has 19 heavy (non-hydrogen) atoms. The molecule has 3 aliphatic rings. The Morgan fingerprint density at radius 1 is 1.32 bits per heavy atom. The highest BCUT2D eigenvalue weighted by molar-refractivity contribution is 5.96. The quantitative estimate of drug-likeness (QED) is 0.720. The van der Waals surface area contributed by atoms with E-state index in [1.807, 2.05) is 20.8 Å². The van der Waals surface area contributed by atoms with E-state index >= 15 is 0 Å². The molecule has 0 aromatic heterocycles. The lowest BCUT2D eigenvalue weighted by molar-refractivity contribution is -0.156. The standard InChI is InChI=1S/C16H24O3/c1-9-12-10(8-19-14(18)15(2,3)4)7-11(17)13(9)16(12,5)6/h7,9,12-13H,8H2,1-6H3/t9-,12?,13-/m1/s1. The Morgan fingerprint density at radius 3 is 2.32 bits per heavy atom. The van der Waals surface area contributed by atoms with Crippen LogP contribution in [0.2, 0.25) is 0 Å². The van der Waals surface area contributed by atoms with Crippen molar-refractivity contribution in [3.63, 3.8) is 0 Å². The third-order valence-corrected chi connectivity index (χ3v) is 4.67.